The van der Waals surface area contributed by atoms with Gasteiger partial charge in [-0.05, 0) is 116 Å². The molecule has 0 saturated heterocycles. The van der Waals surface area contributed by atoms with Gasteiger partial charge in [-0.2, -0.15) is 0 Å². The first kappa shape index (κ1) is 77.2. The lowest BCUT2D eigenvalue weighted by atomic mass is 10.0. The Morgan fingerprint density at radius 2 is 0.679 bits per heavy atom. The molecule has 0 aliphatic heterocycles. The second-order valence-corrected chi connectivity index (χ2v) is 22.7. The summed E-state index contributed by atoms with van der Waals surface area (Å²) in [7, 11) is -4.41. The Balaban J connectivity index is 4.04. The Hall–Kier alpha value is -3.85. The molecule has 0 aliphatic carbocycles. The molecule has 0 fully saturated rings. The highest BCUT2D eigenvalue weighted by Crippen LogP contribution is 2.43. The van der Waals surface area contributed by atoms with E-state index in [4.69, 9.17) is 24.3 Å². The summed E-state index contributed by atoms with van der Waals surface area (Å²) in [5.41, 5.74) is 5.39. The number of phosphoric acid groups is 1. The first-order valence-corrected chi connectivity index (χ1v) is 34.2. The van der Waals surface area contributed by atoms with E-state index in [0.717, 1.165) is 109 Å². The molecule has 2 atom stereocenters. The van der Waals surface area contributed by atoms with Crippen LogP contribution in [0.4, 0.5) is 0 Å². The molecular weight excluding hydrogens is 1030 g/mol. The third-order valence-electron chi connectivity index (χ3n) is 13.5. The topological polar surface area (TPSA) is 134 Å². The summed E-state index contributed by atoms with van der Waals surface area (Å²) in [6.45, 7) is 3.61. The van der Waals surface area contributed by atoms with E-state index >= 15 is 0 Å². The van der Waals surface area contributed by atoms with Crippen LogP contribution < -0.4 is 5.73 Å². The molecule has 0 aromatic heterocycles. The standard InChI is InChI=1S/C71H120NO8P/c1-3-5-7-9-11-13-15-17-19-21-23-25-27-29-30-31-32-33-34-35-36-37-38-40-42-44-46-48-50-52-54-56-58-60-62-64-71(74)80-69(68-79-81(75,76)78-66-65-72)67-77-70(73)63-61-59-57-55-53-51-49-47-45-43-41-39-28-26-24-22-20-18-16-14-12-10-8-6-4-2/h5,7,11,13,17,19,22-25,29-30,32-33,35-36,38,40,44,46,50,52,69H,3-4,6,8-10,12,14-16,18,20-21,26-28,31,34,37,39,41-43,45,47-49,51,53-68,72H2,1-2H3,(H,75,76)/b7-5-,13-11-,19-17-,24-22-,25-23-,30-29-,33-32-,36-35-,40-38-,46-44-,52-50-. The third-order valence-corrected chi connectivity index (χ3v) is 14.5. The predicted molar refractivity (Wildman–Crippen MR) is 348 cm³/mol. The first-order valence-electron chi connectivity index (χ1n) is 32.7. The van der Waals surface area contributed by atoms with E-state index in [1.807, 2.05) is 0 Å². The number of ether oxygens (including phenoxy) is 2. The van der Waals surface area contributed by atoms with Crippen molar-refractivity contribution in [1.29, 1.82) is 0 Å². The van der Waals surface area contributed by atoms with Crippen molar-refractivity contribution in [2.45, 2.75) is 277 Å². The lowest BCUT2D eigenvalue weighted by Crippen LogP contribution is -2.29. The van der Waals surface area contributed by atoms with Crippen LogP contribution in [0.5, 0.6) is 0 Å². The average molecular weight is 1150 g/mol. The van der Waals surface area contributed by atoms with Crippen molar-refractivity contribution in [2.24, 2.45) is 5.73 Å². The van der Waals surface area contributed by atoms with E-state index in [1.54, 1.807) is 0 Å². The van der Waals surface area contributed by atoms with E-state index in [9.17, 15) is 19.0 Å². The van der Waals surface area contributed by atoms with Crippen LogP contribution in [-0.4, -0.2) is 49.3 Å². The lowest BCUT2D eigenvalue weighted by molar-refractivity contribution is -0.161. The fraction of sp³-hybridized carbons (Fsp3) is 0.662. The normalized spacial score (nSPS) is 13.9. The van der Waals surface area contributed by atoms with Gasteiger partial charge in [0.1, 0.15) is 6.61 Å². The van der Waals surface area contributed by atoms with Crippen LogP contribution in [0.2, 0.25) is 0 Å². The van der Waals surface area contributed by atoms with Gasteiger partial charge in [-0.3, -0.25) is 18.6 Å². The first-order chi connectivity index (χ1) is 39.8. The van der Waals surface area contributed by atoms with Gasteiger partial charge in [0.25, 0.3) is 0 Å². The summed E-state index contributed by atoms with van der Waals surface area (Å²) >= 11 is 0. The fourth-order valence-electron chi connectivity index (χ4n) is 8.72. The monoisotopic (exact) mass is 1150 g/mol. The number of rotatable bonds is 60. The minimum absolute atomic E-state index is 0.0427. The van der Waals surface area contributed by atoms with Crippen LogP contribution in [0.25, 0.3) is 0 Å². The average Bonchev–Trinajstić information content (AvgIpc) is 3.46. The van der Waals surface area contributed by atoms with Crippen LogP contribution in [0.3, 0.4) is 0 Å². The predicted octanol–water partition coefficient (Wildman–Crippen LogP) is 21.3. The maximum absolute atomic E-state index is 12.7. The van der Waals surface area contributed by atoms with Crippen molar-refractivity contribution in [1.82, 2.24) is 0 Å². The van der Waals surface area contributed by atoms with Gasteiger partial charge in [0.15, 0.2) is 6.10 Å². The van der Waals surface area contributed by atoms with Gasteiger partial charge in [0.2, 0.25) is 0 Å². The Morgan fingerprint density at radius 1 is 0.383 bits per heavy atom. The number of phosphoric ester groups is 1. The molecule has 0 heterocycles. The Morgan fingerprint density at radius 3 is 1.02 bits per heavy atom. The number of hydrogen-bond donors (Lipinski definition) is 2. The maximum Gasteiger partial charge on any atom is 0.472 e. The molecule has 0 aromatic carbocycles. The molecule has 0 radical (unpaired) electrons. The number of carbonyl (C=O) groups is 2. The molecule has 0 rings (SSSR count). The van der Waals surface area contributed by atoms with Crippen LogP contribution in [0, 0.1) is 0 Å². The number of nitrogens with two attached hydrogens (primary N) is 1. The molecule has 0 bridgehead atoms. The van der Waals surface area contributed by atoms with Crippen molar-refractivity contribution in [2.75, 3.05) is 26.4 Å². The SMILES string of the molecule is CC/C=C\C/C=C\C/C=C\C/C=C\C/C=C\C/C=C\C/C=C\C/C=C\C/C=C\C/C=C\CCCCCCC(=O)OC(COC(=O)CCCCCCCCCCCCCCC/C=C\CCCCCCCCCC)COP(=O)(O)OCCN. The maximum atomic E-state index is 12.7. The number of unbranched alkanes of at least 4 members (excludes halogenated alkanes) is 25. The van der Waals surface area contributed by atoms with Gasteiger partial charge >= 0.3 is 19.8 Å². The number of hydrogen-bond acceptors (Lipinski definition) is 8. The van der Waals surface area contributed by atoms with Crippen molar-refractivity contribution in [3.63, 3.8) is 0 Å². The Bertz CT molecular complexity index is 1790. The minimum Gasteiger partial charge on any atom is -0.462 e. The summed E-state index contributed by atoms with van der Waals surface area (Å²) in [5.74, 6) is -0.860. The van der Waals surface area contributed by atoms with Gasteiger partial charge < -0.3 is 20.1 Å². The molecule has 10 heteroatoms. The van der Waals surface area contributed by atoms with Gasteiger partial charge in [-0.1, -0.05) is 276 Å². The van der Waals surface area contributed by atoms with Crippen LogP contribution in [0.1, 0.15) is 271 Å². The van der Waals surface area contributed by atoms with Crippen LogP contribution >= 0.6 is 7.82 Å². The molecule has 3 N–H and O–H groups in total. The van der Waals surface area contributed by atoms with Crippen molar-refractivity contribution in [3.8, 4) is 0 Å². The zero-order valence-electron chi connectivity index (χ0n) is 51.7. The summed E-state index contributed by atoms with van der Waals surface area (Å²) in [4.78, 5) is 35.3. The van der Waals surface area contributed by atoms with E-state index in [-0.39, 0.29) is 32.6 Å². The molecule has 81 heavy (non-hydrogen) atoms. The lowest BCUT2D eigenvalue weighted by Gasteiger charge is -2.19. The Kier molecular flexibility index (Phi) is 62.2. The molecule has 2 unspecified atom stereocenters. The van der Waals surface area contributed by atoms with Crippen molar-refractivity contribution >= 4 is 19.8 Å². The molecule has 9 nitrogen and oxygen atoms in total. The molecule has 0 spiro atoms. The van der Waals surface area contributed by atoms with E-state index in [1.165, 1.54) is 128 Å². The van der Waals surface area contributed by atoms with E-state index < -0.39 is 32.5 Å². The fourth-order valence-corrected chi connectivity index (χ4v) is 9.48. The third kappa shape index (κ3) is 65.2. The van der Waals surface area contributed by atoms with E-state index in [0.29, 0.717) is 6.42 Å². The summed E-state index contributed by atoms with van der Waals surface area (Å²) in [5, 5.41) is 0. The number of allylic oxidation sites excluding steroid dienone is 22. The smallest absolute Gasteiger partial charge is 0.462 e. The highest BCUT2D eigenvalue weighted by Gasteiger charge is 2.26. The molecule has 0 amide bonds. The minimum atomic E-state index is -4.41. The molecule has 462 valence electrons. The van der Waals surface area contributed by atoms with Gasteiger partial charge in [0, 0.05) is 19.4 Å². The van der Waals surface area contributed by atoms with Crippen molar-refractivity contribution in [3.05, 3.63) is 134 Å². The molecule has 0 aromatic rings. The van der Waals surface area contributed by atoms with Gasteiger partial charge in [-0.15, -0.1) is 0 Å². The van der Waals surface area contributed by atoms with E-state index in [2.05, 4.69) is 148 Å². The Labute approximate surface area is 497 Å². The summed E-state index contributed by atoms with van der Waals surface area (Å²) in [6, 6.07) is 0. The second kappa shape index (κ2) is 65.3. The zero-order valence-corrected chi connectivity index (χ0v) is 52.6. The van der Waals surface area contributed by atoms with Crippen LogP contribution in [-0.2, 0) is 32.7 Å². The molecule has 0 saturated carbocycles. The number of esters is 2. The summed E-state index contributed by atoms with van der Waals surface area (Å²) < 4.78 is 33.1. The molecular formula is C71H120NO8P. The van der Waals surface area contributed by atoms with Gasteiger partial charge in [0.05, 0.1) is 13.2 Å². The van der Waals surface area contributed by atoms with Crippen LogP contribution in [0.15, 0.2) is 134 Å². The zero-order chi connectivity index (χ0) is 58.7. The highest BCUT2D eigenvalue weighted by molar-refractivity contribution is 7.47. The highest BCUT2D eigenvalue weighted by atomic mass is 31.2. The largest absolute Gasteiger partial charge is 0.472 e. The van der Waals surface area contributed by atoms with Crippen molar-refractivity contribution < 1.29 is 37.6 Å². The quantitative estimate of drug-likeness (QED) is 0.0264. The summed E-state index contributed by atoms with van der Waals surface area (Å²) in [6.07, 6.45) is 92.4. The molecule has 0 aliphatic rings. The van der Waals surface area contributed by atoms with Gasteiger partial charge in [-0.25, -0.2) is 4.57 Å². The second-order valence-electron chi connectivity index (χ2n) is 21.2. The number of carbonyl (C=O) groups excluding carboxylic acids is 2.